The predicted octanol–water partition coefficient (Wildman–Crippen LogP) is 3.37. The summed E-state index contributed by atoms with van der Waals surface area (Å²) in [5.41, 5.74) is 1.23. The van der Waals surface area contributed by atoms with E-state index in [0.717, 1.165) is 35.5 Å². The van der Waals surface area contributed by atoms with E-state index in [-0.39, 0.29) is 5.54 Å². The second-order valence-electron chi connectivity index (χ2n) is 5.97. The van der Waals surface area contributed by atoms with Gasteiger partial charge in [0.1, 0.15) is 5.82 Å². The molecule has 0 bridgehead atoms. The van der Waals surface area contributed by atoms with Crippen LogP contribution in [0.4, 0.5) is 5.82 Å². The molecule has 1 N–H and O–H groups in total. The summed E-state index contributed by atoms with van der Waals surface area (Å²) >= 11 is 3.50. The lowest BCUT2D eigenvalue weighted by molar-refractivity contribution is 0.205. The number of pyridine rings is 1. The monoisotopic (exact) mass is 355 g/mol. The molecule has 0 saturated carbocycles. The van der Waals surface area contributed by atoms with Crippen molar-refractivity contribution in [2.45, 2.75) is 32.9 Å². The zero-order chi connectivity index (χ0) is 15.9. The molecule has 21 heavy (non-hydrogen) atoms. The van der Waals surface area contributed by atoms with Gasteiger partial charge >= 0.3 is 0 Å². The summed E-state index contributed by atoms with van der Waals surface area (Å²) in [7, 11) is 1.71. The van der Waals surface area contributed by atoms with Crippen LogP contribution in [0.5, 0.6) is 0 Å². The summed E-state index contributed by atoms with van der Waals surface area (Å²) in [5.74, 6) is 0.979. The molecule has 0 amide bonds. The van der Waals surface area contributed by atoms with Gasteiger partial charge in [0, 0.05) is 48.5 Å². The Kier molecular flexibility index (Phi) is 7.35. The second kappa shape index (κ2) is 8.51. The number of hydrogen-bond acceptors (Lipinski definition) is 4. The first-order valence-corrected chi connectivity index (χ1v) is 7.91. The third-order valence-corrected chi connectivity index (χ3v) is 3.37. The lowest BCUT2D eigenvalue weighted by Gasteiger charge is -2.26. The summed E-state index contributed by atoms with van der Waals surface area (Å²) in [5, 5.41) is 3.51. The van der Waals surface area contributed by atoms with Crippen LogP contribution in [-0.2, 0) is 11.3 Å². The Balaban J connectivity index is 2.99. The van der Waals surface area contributed by atoms with Gasteiger partial charge in [-0.1, -0.05) is 6.08 Å². The zero-order valence-corrected chi connectivity index (χ0v) is 15.0. The Labute approximate surface area is 136 Å². The molecule has 4 nitrogen and oxygen atoms in total. The van der Waals surface area contributed by atoms with E-state index in [1.54, 1.807) is 7.11 Å². The Morgan fingerprint density at radius 3 is 2.76 bits per heavy atom. The molecule has 0 saturated heterocycles. The van der Waals surface area contributed by atoms with Crippen LogP contribution in [0, 0.1) is 0 Å². The predicted molar refractivity (Wildman–Crippen MR) is 92.8 cm³/mol. The number of halogens is 1. The van der Waals surface area contributed by atoms with E-state index in [4.69, 9.17) is 4.74 Å². The molecule has 0 aliphatic rings. The maximum absolute atomic E-state index is 5.19. The van der Waals surface area contributed by atoms with Gasteiger partial charge < -0.3 is 15.0 Å². The average molecular weight is 356 g/mol. The molecule has 0 aliphatic heterocycles. The van der Waals surface area contributed by atoms with E-state index in [2.05, 4.69) is 64.5 Å². The summed E-state index contributed by atoms with van der Waals surface area (Å²) in [6.07, 6.45) is 3.72. The normalized spacial score (nSPS) is 11.5. The lowest BCUT2D eigenvalue weighted by atomic mass is 10.1. The van der Waals surface area contributed by atoms with E-state index >= 15 is 0 Å². The number of anilines is 1. The first-order valence-electron chi connectivity index (χ1n) is 7.11. The Morgan fingerprint density at radius 2 is 2.19 bits per heavy atom. The van der Waals surface area contributed by atoms with Crippen molar-refractivity contribution in [1.29, 1.82) is 0 Å². The third-order valence-electron chi connectivity index (χ3n) is 2.93. The maximum atomic E-state index is 5.19. The maximum Gasteiger partial charge on any atom is 0.133 e. The number of rotatable bonds is 8. The van der Waals surface area contributed by atoms with Gasteiger partial charge in [-0.15, -0.1) is 6.58 Å². The van der Waals surface area contributed by atoms with Crippen molar-refractivity contribution >= 4 is 21.7 Å². The van der Waals surface area contributed by atoms with Gasteiger partial charge in [-0.05, 0) is 42.8 Å². The topological polar surface area (TPSA) is 37.4 Å². The fourth-order valence-corrected chi connectivity index (χ4v) is 2.27. The molecule has 0 radical (unpaired) electrons. The largest absolute Gasteiger partial charge is 0.383 e. The summed E-state index contributed by atoms with van der Waals surface area (Å²) in [4.78, 5) is 6.77. The minimum Gasteiger partial charge on any atom is -0.383 e. The van der Waals surface area contributed by atoms with Crippen molar-refractivity contribution in [3.63, 3.8) is 0 Å². The van der Waals surface area contributed by atoms with Crippen LogP contribution >= 0.6 is 15.9 Å². The van der Waals surface area contributed by atoms with Gasteiger partial charge in [0.2, 0.25) is 0 Å². The van der Waals surface area contributed by atoms with Crippen LogP contribution in [0.25, 0.3) is 0 Å². The number of aromatic nitrogens is 1. The van der Waals surface area contributed by atoms with Crippen molar-refractivity contribution in [1.82, 2.24) is 10.3 Å². The van der Waals surface area contributed by atoms with E-state index in [1.807, 2.05) is 12.3 Å². The molecule has 1 rings (SSSR count). The summed E-state index contributed by atoms with van der Waals surface area (Å²) < 4.78 is 6.18. The van der Waals surface area contributed by atoms with Crippen LogP contribution in [0.3, 0.4) is 0 Å². The molecular weight excluding hydrogens is 330 g/mol. The second-order valence-corrected chi connectivity index (χ2v) is 6.88. The summed E-state index contributed by atoms with van der Waals surface area (Å²) in [6, 6.07) is 2.12. The minimum atomic E-state index is 0.0649. The first kappa shape index (κ1) is 18.1. The molecule has 1 aromatic heterocycles. The van der Waals surface area contributed by atoms with Crippen LogP contribution < -0.4 is 10.2 Å². The Morgan fingerprint density at radius 1 is 1.48 bits per heavy atom. The fraction of sp³-hybridized carbons (Fsp3) is 0.562. The van der Waals surface area contributed by atoms with Gasteiger partial charge in [-0.3, -0.25) is 0 Å². The smallest absolute Gasteiger partial charge is 0.133 e. The van der Waals surface area contributed by atoms with Gasteiger partial charge in [-0.2, -0.15) is 0 Å². The van der Waals surface area contributed by atoms with Crippen LogP contribution in [0.1, 0.15) is 26.3 Å². The van der Waals surface area contributed by atoms with E-state index in [9.17, 15) is 0 Å². The molecular formula is C16H26BrN3O. The van der Waals surface area contributed by atoms with Crippen molar-refractivity contribution in [2.24, 2.45) is 0 Å². The molecule has 0 fully saturated rings. The molecule has 0 spiro atoms. The van der Waals surface area contributed by atoms with Crippen LogP contribution in [-0.4, -0.2) is 37.3 Å². The Bertz CT molecular complexity index is 457. The quantitative estimate of drug-likeness (QED) is 0.725. The number of hydrogen-bond donors (Lipinski definition) is 1. The molecule has 1 heterocycles. The molecule has 0 aromatic carbocycles. The van der Waals surface area contributed by atoms with Gasteiger partial charge in [-0.25, -0.2) is 4.98 Å². The third kappa shape index (κ3) is 6.59. The standard InChI is InChI=1S/C16H26BrN3O/c1-6-7-20(8-9-21-5)15-13(10-14(17)12-18-15)11-19-16(2,3)4/h6,10,12,19H,1,7-9,11H2,2-5H3. The van der Waals surface area contributed by atoms with Gasteiger partial charge in [0.15, 0.2) is 0 Å². The number of methoxy groups -OCH3 is 1. The van der Waals surface area contributed by atoms with Crippen molar-refractivity contribution in [3.05, 3.63) is 35.0 Å². The van der Waals surface area contributed by atoms with Crippen LogP contribution in [0.15, 0.2) is 29.4 Å². The lowest BCUT2D eigenvalue weighted by Crippen LogP contribution is -2.36. The van der Waals surface area contributed by atoms with E-state index < -0.39 is 0 Å². The van der Waals surface area contributed by atoms with Gasteiger partial charge in [0.05, 0.1) is 6.61 Å². The van der Waals surface area contributed by atoms with Crippen molar-refractivity contribution in [3.8, 4) is 0 Å². The van der Waals surface area contributed by atoms with Gasteiger partial charge in [0.25, 0.3) is 0 Å². The first-order chi connectivity index (χ1) is 9.87. The number of ether oxygens (including phenoxy) is 1. The highest BCUT2D eigenvalue weighted by atomic mass is 79.9. The van der Waals surface area contributed by atoms with E-state index in [0.29, 0.717) is 6.61 Å². The molecule has 0 atom stereocenters. The average Bonchev–Trinajstić information content (AvgIpc) is 2.41. The number of nitrogens with one attached hydrogen (secondary N) is 1. The summed E-state index contributed by atoms with van der Waals surface area (Å²) in [6.45, 7) is 13.3. The highest BCUT2D eigenvalue weighted by Gasteiger charge is 2.15. The molecule has 118 valence electrons. The molecule has 0 aliphatic carbocycles. The highest BCUT2D eigenvalue weighted by Crippen LogP contribution is 2.22. The molecule has 5 heteroatoms. The van der Waals surface area contributed by atoms with Crippen molar-refractivity contribution in [2.75, 3.05) is 31.7 Å². The zero-order valence-electron chi connectivity index (χ0n) is 13.4. The SMILES string of the molecule is C=CCN(CCOC)c1ncc(Br)cc1CNC(C)(C)C. The molecule has 0 unspecified atom stereocenters. The fourth-order valence-electron chi connectivity index (χ4n) is 1.89. The molecule has 1 aromatic rings. The van der Waals surface area contributed by atoms with Crippen molar-refractivity contribution < 1.29 is 4.74 Å². The Hall–Kier alpha value is -0.910. The number of nitrogens with zero attached hydrogens (tertiary/aromatic N) is 2. The van der Waals surface area contributed by atoms with E-state index in [1.165, 1.54) is 0 Å². The minimum absolute atomic E-state index is 0.0649. The van der Waals surface area contributed by atoms with Crippen LogP contribution in [0.2, 0.25) is 0 Å². The highest BCUT2D eigenvalue weighted by molar-refractivity contribution is 9.10.